The van der Waals surface area contributed by atoms with Gasteiger partial charge >= 0.3 is 0 Å². The number of likely N-dealkylation sites (N-methyl/N-ethyl adjacent to an activating group) is 1. The van der Waals surface area contributed by atoms with Gasteiger partial charge in [0.05, 0.1) is 7.11 Å². The van der Waals surface area contributed by atoms with Crippen molar-refractivity contribution in [3.05, 3.63) is 48.3 Å². The SMILES string of the molecule is COc1cc(N2CCC[C@H](N(C)CCc3ccccc3)C2)ncn1. The van der Waals surface area contributed by atoms with Crippen LogP contribution in [0, 0.1) is 0 Å². The van der Waals surface area contributed by atoms with Gasteiger partial charge in [-0.1, -0.05) is 30.3 Å². The molecule has 24 heavy (non-hydrogen) atoms. The molecule has 1 aromatic heterocycles. The molecule has 2 heterocycles. The van der Waals surface area contributed by atoms with E-state index in [1.54, 1.807) is 13.4 Å². The van der Waals surface area contributed by atoms with Crippen molar-refractivity contribution in [2.45, 2.75) is 25.3 Å². The first-order valence-electron chi connectivity index (χ1n) is 8.61. The first kappa shape index (κ1) is 16.7. The molecule has 1 saturated heterocycles. The van der Waals surface area contributed by atoms with Gasteiger partial charge in [0, 0.05) is 31.7 Å². The molecule has 0 saturated carbocycles. The standard InChI is InChI=1S/C19H26N4O/c1-22(12-10-16-7-4-3-5-8-16)17-9-6-11-23(14-17)18-13-19(24-2)21-15-20-18/h3-5,7-8,13,15,17H,6,9-12,14H2,1-2H3/t17-/m0/s1. The van der Waals surface area contributed by atoms with Crippen molar-refractivity contribution in [3.63, 3.8) is 0 Å². The molecule has 1 fully saturated rings. The van der Waals surface area contributed by atoms with Crippen LogP contribution >= 0.6 is 0 Å². The summed E-state index contributed by atoms with van der Waals surface area (Å²) in [6, 6.07) is 13.2. The van der Waals surface area contributed by atoms with E-state index in [1.807, 2.05) is 6.07 Å². The van der Waals surface area contributed by atoms with Crippen LogP contribution in [0.5, 0.6) is 5.88 Å². The zero-order valence-electron chi connectivity index (χ0n) is 14.6. The Morgan fingerprint density at radius 3 is 2.88 bits per heavy atom. The molecule has 0 amide bonds. The Kier molecular flexibility index (Phi) is 5.64. The number of piperidine rings is 1. The lowest BCUT2D eigenvalue weighted by atomic mass is 10.0. The van der Waals surface area contributed by atoms with Crippen LogP contribution in [0.2, 0.25) is 0 Å². The average molecular weight is 326 g/mol. The summed E-state index contributed by atoms with van der Waals surface area (Å²) in [4.78, 5) is 13.3. The van der Waals surface area contributed by atoms with E-state index in [-0.39, 0.29) is 0 Å². The topological polar surface area (TPSA) is 41.5 Å². The second-order valence-corrected chi connectivity index (χ2v) is 6.38. The second-order valence-electron chi connectivity index (χ2n) is 6.38. The second kappa shape index (κ2) is 8.11. The minimum Gasteiger partial charge on any atom is -0.481 e. The molecule has 3 rings (SSSR count). The Morgan fingerprint density at radius 2 is 2.08 bits per heavy atom. The van der Waals surface area contributed by atoms with Gasteiger partial charge in [-0.05, 0) is 31.9 Å². The molecule has 2 aromatic rings. The molecule has 5 heteroatoms. The summed E-state index contributed by atoms with van der Waals surface area (Å²) in [6.07, 6.45) is 5.10. The molecule has 1 aliphatic rings. The molecule has 128 valence electrons. The molecule has 0 bridgehead atoms. The van der Waals surface area contributed by atoms with E-state index in [2.05, 4.69) is 57.1 Å². The van der Waals surface area contributed by atoms with Crippen molar-refractivity contribution in [2.24, 2.45) is 0 Å². The zero-order valence-corrected chi connectivity index (χ0v) is 14.6. The van der Waals surface area contributed by atoms with Gasteiger partial charge in [0.2, 0.25) is 5.88 Å². The summed E-state index contributed by atoms with van der Waals surface area (Å²) in [7, 11) is 3.88. The van der Waals surface area contributed by atoms with E-state index in [4.69, 9.17) is 4.74 Å². The van der Waals surface area contributed by atoms with Crippen molar-refractivity contribution in [1.29, 1.82) is 0 Å². The van der Waals surface area contributed by atoms with Gasteiger partial charge in [-0.2, -0.15) is 0 Å². The molecule has 0 aliphatic carbocycles. The lowest BCUT2D eigenvalue weighted by molar-refractivity contribution is 0.217. The molecule has 0 radical (unpaired) electrons. The van der Waals surface area contributed by atoms with Crippen molar-refractivity contribution in [3.8, 4) is 5.88 Å². The van der Waals surface area contributed by atoms with Crippen LogP contribution in [0.1, 0.15) is 18.4 Å². The van der Waals surface area contributed by atoms with Crippen LogP contribution in [0.15, 0.2) is 42.7 Å². The number of anilines is 1. The van der Waals surface area contributed by atoms with Crippen LogP contribution < -0.4 is 9.64 Å². The van der Waals surface area contributed by atoms with Gasteiger partial charge in [0.1, 0.15) is 12.1 Å². The molecule has 0 unspecified atom stereocenters. The van der Waals surface area contributed by atoms with Crippen molar-refractivity contribution in [2.75, 3.05) is 38.7 Å². The van der Waals surface area contributed by atoms with Gasteiger partial charge in [-0.15, -0.1) is 0 Å². The average Bonchev–Trinajstić information content (AvgIpc) is 2.67. The Balaban J connectivity index is 1.58. The smallest absolute Gasteiger partial charge is 0.218 e. The molecular formula is C19H26N4O. The van der Waals surface area contributed by atoms with Crippen molar-refractivity contribution >= 4 is 5.82 Å². The van der Waals surface area contributed by atoms with Crippen molar-refractivity contribution in [1.82, 2.24) is 14.9 Å². The number of hydrogen-bond acceptors (Lipinski definition) is 5. The minimum absolute atomic E-state index is 0.559. The maximum Gasteiger partial charge on any atom is 0.218 e. The van der Waals surface area contributed by atoms with Gasteiger partial charge in [-0.3, -0.25) is 0 Å². The van der Waals surface area contributed by atoms with E-state index in [0.717, 1.165) is 31.9 Å². The monoisotopic (exact) mass is 326 g/mol. The minimum atomic E-state index is 0.559. The van der Waals surface area contributed by atoms with Gasteiger partial charge < -0.3 is 14.5 Å². The molecule has 0 spiro atoms. The number of benzene rings is 1. The van der Waals surface area contributed by atoms with Crippen LogP contribution in [0.3, 0.4) is 0 Å². The molecule has 1 aromatic carbocycles. The highest BCUT2D eigenvalue weighted by Crippen LogP contribution is 2.22. The molecular weight excluding hydrogens is 300 g/mol. The Bertz CT molecular complexity index is 634. The van der Waals surface area contributed by atoms with Crippen LogP contribution in [0.25, 0.3) is 0 Å². The number of nitrogens with zero attached hydrogens (tertiary/aromatic N) is 4. The first-order chi connectivity index (χ1) is 11.8. The molecule has 0 N–H and O–H groups in total. The molecule has 5 nitrogen and oxygen atoms in total. The van der Waals surface area contributed by atoms with E-state index in [1.165, 1.54) is 18.4 Å². The normalized spacial score (nSPS) is 18.0. The van der Waals surface area contributed by atoms with E-state index >= 15 is 0 Å². The summed E-state index contributed by atoms with van der Waals surface area (Å²) >= 11 is 0. The highest BCUT2D eigenvalue weighted by molar-refractivity contribution is 5.41. The Hall–Kier alpha value is -2.14. The summed E-state index contributed by atoms with van der Waals surface area (Å²) < 4.78 is 5.22. The number of rotatable bonds is 6. The largest absolute Gasteiger partial charge is 0.481 e. The third-order valence-electron chi connectivity index (χ3n) is 4.78. The number of ether oxygens (including phenoxy) is 1. The summed E-state index contributed by atoms with van der Waals surface area (Å²) in [5.74, 6) is 1.59. The number of aromatic nitrogens is 2. The van der Waals surface area contributed by atoms with E-state index < -0.39 is 0 Å². The maximum atomic E-state index is 5.22. The fraction of sp³-hybridized carbons (Fsp3) is 0.474. The van der Waals surface area contributed by atoms with Gasteiger partial charge in [0.25, 0.3) is 0 Å². The fourth-order valence-corrected chi connectivity index (χ4v) is 3.27. The summed E-state index contributed by atoms with van der Waals surface area (Å²) in [5, 5.41) is 0. The lowest BCUT2D eigenvalue weighted by Gasteiger charge is -2.38. The number of methoxy groups -OCH3 is 1. The zero-order chi connectivity index (χ0) is 16.8. The quantitative estimate of drug-likeness (QED) is 0.816. The highest BCUT2D eigenvalue weighted by Gasteiger charge is 2.24. The maximum absolute atomic E-state index is 5.22. The third kappa shape index (κ3) is 4.23. The Morgan fingerprint density at radius 1 is 1.25 bits per heavy atom. The highest BCUT2D eigenvalue weighted by atomic mass is 16.5. The first-order valence-corrected chi connectivity index (χ1v) is 8.61. The predicted octanol–water partition coefficient (Wildman–Crippen LogP) is 2.63. The van der Waals surface area contributed by atoms with Crippen LogP contribution in [0.4, 0.5) is 5.82 Å². The van der Waals surface area contributed by atoms with Crippen LogP contribution in [-0.4, -0.2) is 54.7 Å². The summed E-state index contributed by atoms with van der Waals surface area (Å²) in [6.45, 7) is 3.13. The predicted molar refractivity (Wildman–Crippen MR) is 96.6 cm³/mol. The molecule has 1 atom stereocenters. The molecule has 1 aliphatic heterocycles. The Labute approximate surface area is 144 Å². The summed E-state index contributed by atoms with van der Waals surface area (Å²) in [5.41, 5.74) is 1.40. The van der Waals surface area contributed by atoms with Crippen molar-refractivity contribution < 1.29 is 4.74 Å². The number of hydrogen-bond donors (Lipinski definition) is 0. The fourth-order valence-electron chi connectivity index (χ4n) is 3.27. The van der Waals surface area contributed by atoms with Gasteiger partial charge in [-0.25, -0.2) is 9.97 Å². The van der Waals surface area contributed by atoms with E-state index in [9.17, 15) is 0 Å². The lowest BCUT2D eigenvalue weighted by Crippen LogP contribution is -2.47. The van der Waals surface area contributed by atoms with Crippen LogP contribution in [-0.2, 0) is 6.42 Å². The van der Waals surface area contributed by atoms with Gasteiger partial charge in [0.15, 0.2) is 0 Å². The van der Waals surface area contributed by atoms with E-state index in [0.29, 0.717) is 11.9 Å². The third-order valence-corrected chi connectivity index (χ3v) is 4.78.